The topological polar surface area (TPSA) is 20.2 Å². The lowest BCUT2D eigenvalue weighted by Gasteiger charge is -2.05. The molecule has 0 aliphatic rings. The Labute approximate surface area is 114 Å². The summed E-state index contributed by atoms with van der Waals surface area (Å²) in [5, 5.41) is 11.1. The van der Waals surface area contributed by atoms with Crippen molar-refractivity contribution in [2.24, 2.45) is 0 Å². The van der Waals surface area contributed by atoms with Gasteiger partial charge in [-0.25, -0.2) is 0 Å². The van der Waals surface area contributed by atoms with Gasteiger partial charge in [0.2, 0.25) is 0 Å². The molecule has 0 radical (unpaired) electrons. The van der Waals surface area contributed by atoms with Gasteiger partial charge in [-0.3, -0.25) is 0 Å². The van der Waals surface area contributed by atoms with Gasteiger partial charge in [-0.2, -0.15) is 0 Å². The van der Waals surface area contributed by atoms with Crippen LogP contribution in [0.3, 0.4) is 0 Å². The fraction of sp³-hybridized carbons (Fsp3) is 0.0667. The first-order valence-corrected chi connectivity index (χ1v) is 6.86. The monoisotopic (exact) mass is 274 g/mol. The second kappa shape index (κ2) is 4.73. The highest BCUT2D eigenvalue weighted by Gasteiger charge is 2.10. The first-order valence-electron chi connectivity index (χ1n) is 5.67. The van der Waals surface area contributed by atoms with Gasteiger partial charge >= 0.3 is 0 Å². The van der Waals surface area contributed by atoms with E-state index in [0.29, 0.717) is 5.02 Å². The lowest BCUT2D eigenvalue weighted by atomic mass is 10.1. The van der Waals surface area contributed by atoms with Crippen LogP contribution in [0.15, 0.2) is 48.5 Å². The van der Waals surface area contributed by atoms with Gasteiger partial charge < -0.3 is 5.11 Å². The number of hydrogen-bond donors (Lipinski definition) is 1. The van der Waals surface area contributed by atoms with E-state index in [9.17, 15) is 5.11 Å². The molecule has 3 heteroatoms. The van der Waals surface area contributed by atoms with Crippen LogP contribution in [0.5, 0.6) is 0 Å². The van der Waals surface area contributed by atoms with Crippen LogP contribution in [0.2, 0.25) is 5.02 Å². The fourth-order valence-electron chi connectivity index (χ4n) is 2.01. The molecule has 1 nitrogen and oxygen atoms in total. The van der Waals surface area contributed by atoms with Crippen LogP contribution in [0.4, 0.5) is 0 Å². The molecule has 0 aliphatic heterocycles. The van der Waals surface area contributed by atoms with E-state index < -0.39 is 0 Å². The standard InChI is InChI=1S/C15H11ClOS/c16-15-11(9-17)5-3-6-12(15)14-8-10-4-1-2-7-13(10)18-14/h1-8,17H,9H2. The van der Waals surface area contributed by atoms with Crippen LogP contribution in [-0.2, 0) is 6.61 Å². The van der Waals surface area contributed by atoms with Crippen LogP contribution >= 0.6 is 22.9 Å². The van der Waals surface area contributed by atoms with Gasteiger partial charge in [0.05, 0.1) is 11.6 Å². The third-order valence-corrected chi connectivity index (χ3v) is 4.54. The fourth-order valence-corrected chi connectivity index (χ4v) is 3.44. The Morgan fingerprint density at radius 2 is 1.89 bits per heavy atom. The summed E-state index contributed by atoms with van der Waals surface area (Å²) in [4.78, 5) is 1.14. The zero-order valence-electron chi connectivity index (χ0n) is 9.56. The van der Waals surface area contributed by atoms with Crippen molar-refractivity contribution in [1.82, 2.24) is 0 Å². The molecule has 1 aromatic heterocycles. The molecular formula is C15H11ClOS. The summed E-state index contributed by atoms with van der Waals surface area (Å²) in [6.07, 6.45) is 0. The van der Waals surface area contributed by atoms with Crippen molar-refractivity contribution in [3.8, 4) is 10.4 Å². The number of aliphatic hydroxyl groups is 1. The number of hydrogen-bond acceptors (Lipinski definition) is 2. The Bertz CT molecular complexity index is 670. The molecule has 3 aromatic rings. The second-order valence-electron chi connectivity index (χ2n) is 4.09. The Balaban J connectivity index is 2.20. The van der Waals surface area contributed by atoms with Crippen LogP contribution in [-0.4, -0.2) is 5.11 Å². The van der Waals surface area contributed by atoms with Crippen molar-refractivity contribution in [2.45, 2.75) is 6.61 Å². The molecule has 0 saturated carbocycles. The molecule has 18 heavy (non-hydrogen) atoms. The molecule has 0 fully saturated rings. The van der Waals surface area contributed by atoms with Crippen LogP contribution < -0.4 is 0 Å². The molecule has 0 saturated heterocycles. The molecule has 0 unspecified atom stereocenters. The van der Waals surface area contributed by atoms with Gasteiger partial charge in [-0.15, -0.1) is 11.3 Å². The van der Waals surface area contributed by atoms with Crippen LogP contribution in [0.1, 0.15) is 5.56 Å². The van der Waals surface area contributed by atoms with Gasteiger partial charge in [0, 0.05) is 15.1 Å². The summed E-state index contributed by atoms with van der Waals surface area (Å²) >= 11 is 8.04. The molecule has 1 N–H and O–H groups in total. The summed E-state index contributed by atoms with van der Waals surface area (Å²) in [7, 11) is 0. The molecule has 90 valence electrons. The minimum absolute atomic E-state index is 0.0302. The van der Waals surface area contributed by atoms with E-state index in [4.69, 9.17) is 11.6 Å². The van der Waals surface area contributed by atoms with E-state index in [2.05, 4.69) is 18.2 Å². The van der Waals surface area contributed by atoms with Crippen molar-refractivity contribution in [3.05, 3.63) is 59.1 Å². The summed E-state index contributed by atoms with van der Waals surface area (Å²) in [6, 6.07) is 16.2. The third kappa shape index (κ3) is 1.93. The summed E-state index contributed by atoms with van der Waals surface area (Å²) in [5.74, 6) is 0. The van der Waals surface area contributed by atoms with Gasteiger partial charge in [0.15, 0.2) is 0 Å². The minimum Gasteiger partial charge on any atom is -0.392 e. The summed E-state index contributed by atoms with van der Waals surface area (Å²) in [6.45, 7) is -0.0302. The molecule has 2 aromatic carbocycles. The summed E-state index contributed by atoms with van der Waals surface area (Å²) in [5.41, 5.74) is 1.76. The minimum atomic E-state index is -0.0302. The smallest absolute Gasteiger partial charge is 0.0696 e. The average molecular weight is 275 g/mol. The molecule has 0 atom stereocenters. The quantitative estimate of drug-likeness (QED) is 0.717. The highest BCUT2D eigenvalue weighted by molar-refractivity contribution is 7.22. The Morgan fingerprint density at radius 3 is 2.67 bits per heavy atom. The highest BCUT2D eigenvalue weighted by Crippen LogP contribution is 2.38. The Kier molecular flexibility index (Phi) is 3.08. The largest absolute Gasteiger partial charge is 0.392 e. The van der Waals surface area contributed by atoms with Gasteiger partial charge in [0.25, 0.3) is 0 Å². The Hall–Kier alpha value is -1.35. The van der Waals surface area contributed by atoms with Crippen molar-refractivity contribution in [2.75, 3.05) is 0 Å². The van der Waals surface area contributed by atoms with Gasteiger partial charge in [0.1, 0.15) is 0 Å². The number of rotatable bonds is 2. The van der Waals surface area contributed by atoms with Crippen molar-refractivity contribution >= 4 is 33.0 Å². The maximum Gasteiger partial charge on any atom is 0.0696 e. The number of halogens is 1. The molecule has 1 heterocycles. The molecule has 0 bridgehead atoms. The van der Waals surface area contributed by atoms with E-state index in [1.807, 2.05) is 30.3 Å². The number of fused-ring (bicyclic) bond motifs is 1. The summed E-state index contributed by atoms with van der Waals surface area (Å²) < 4.78 is 1.25. The molecule has 3 rings (SSSR count). The first kappa shape index (κ1) is 11.7. The highest BCUT2D eigenvalue weighted by atomic mass is 35.5. The van der Waals surface area contributed by atoms with E-state index in [0.717, 1.165) is 16.0 Å². The van der Waals surface area contributed by atoms with Gasteiger partial charge in [-0.05, 0) is 23.1 Å². The van der Waals surface area contributed by atoms with Crippen LogP contribution in [0, 0.1) is 0 Å². The lowest BCUT2D eigenvalue weighted by molar-refractivity contribution is 0.282. The van der Waals surface area contributed by atoms with E-state index in [-0.39, 0.29) is 6.61 Å². The predicted octanol–water partition coefficient (Wildman–Crippen LogP) is 4.71. The van der Waals surface area contributed by atoms with Crippen molar-refractivity contribution in [3.63, 3.8) is 0 Å². The zero-order chi connectivity index (χ0) is 12.5. The van der Waals surface area contributed by atoms with Gasteiger partial charge in [-0.1, -0.05) is 48.0 Å². The van der Waals surface area contributed by atoms with Crippen LogP contribution in [0.25, 0.3) is 20.5 Å². The molecule has 0 spiro atoms. The maximum absolute atomic E-state index is 9.25. The van der Waals surface area contributed by atoms with E-state index in [1.54, 1.807) is 11.3 Å². The molecular weight excluding hydrogens is 264 g/mol. The normalized spacial score (nSPS) is 11.0. The lowest BCUT2D eigenvalue weighted by Crippen LogP contribution is -1.86. The number of thiophene rings is 1. The Morgan fingerprint density at radius 1 is 1.06 bits per heavy atom. The van der Waals surface area contributed by atoms with Crippen molar-refractivity contribution in [1.29, 1.82) is 0 Å². The predicted molar refractivity (Wildman–Crippen MR) is 78.2 cm³/mol. The maximum atomic E-state index is 9.25. The van der Waals surface area contributed by atoms with E-state index >= 15 is 0 Å². The average Bonchev–Trinajstić information content (AvgIpc) is 2.82. The molecule has 0 aliphatic carbocycles. The van der Waals surface area contributed by atoms with Crippen molar-refractivity contribution < 1.29 is 5.11 Å². The third-order valence-electron chi connectivity index (χ3n) is 2.94. The first-order chi connectivity index (χ1) is 8.79. The number of benzene rings is 2. The SMILES string of the molecule is OCc1cccc(-c2cc3ccccc3s2)c1Cl. The number of aliphatic hydroxyl groups excluding tert-OH is 1. The van der Waals surface area contributed by atoms with E-state index in [1.165, 1.54) is 10.1 Å². The second-order valence-corrected chi connectivity index (χ2v) is 5.55. The molecule has 0 amide bonds. The zero-order valence-corrected chi connectivity index (χ0v) is 11.1.